The number of thioether (sulfide) groups is 1. The summed E-state index contributed by atoms with van der Waals surface area (Å²) in [5, 5.41) is 11.6. The van der Waals surface area contributed by atoms with E-state index < -0.39 is 0 Å². The predicted octanol–water partition coefficient (Wildman–Crippen LogP) is 19.5. The molecule has 2 unspecified atom stereocenters. The van der Waals surface area contributed by atoms with E-state index in [1.165, 1.54) is 91.3 Å². The van der Waals surface area contributed by atoms with Crippen molar-refractivity contribution >= 4 is 76.2 Å². The lowest BCUT2D eigenvalue weighted by atomic mass is 9.75. The number of thiophene rings is 1. The zero-order valence-electron chi connectivity index (χ0n) is 41.8. The first kappa shape index (κ1) is 44.8. The molecule has 0 bridgehead atoms. The van der Waals surface area contributed by atoms with Gasteiger partial charge in [-0.3, -0.25) is 0 Å². The first-order valence-electron chi connectivity index (χ1n) is 26.1. The minimum atomic E-state index is -0.00448. The van der Waals surface area contributed by atoms with Crippen molar-refractivity contribution < 1.29 is 0 Å². The van der Waals surface area contributed by atoms with Crippen LogP contribution in [0.3, 0.4) is 0 Å². The molecule has 0 radical (unpaired) electrons. The minimum Gasteiger partial charge on any atom is -0.355 e. The van der Waals surface area contributed by atoms with E-state index in [2.05, 4.69) is 250 Å². The first-order valence-corrected chi connectivity index (χ1v) is 27.8. The summed E-state index contributed by atoms with van der Waals surface area (Å²) in [5.41, 5.74) is 16.4. The second-order valence-electron chi connectivity index (χ2n) is 20.7. The van der Waals surface area contributed by atoms with Gasteiger partial charge in [-0.25, -0.2) is 15.0 Å². The van der Waals surface area contributed by atoms with Crippen molar-refractivity contribution in [3.8, 4) is 67.5 Å². The van der Waals surface area contributed by atoms with Gasteiger partial charge >= 0.3 is 0 Å². The van der Waals surface area contributed by atoms with Crippen molar-refractivity contribution in [1.29, 1.82) is 0 Å². The Kier molecular flexibility index (Phi) is 10.4. The van der Waals surface area contributed by atoms with Gasteiger partial charge < -0.3 is 5.32 Å². The molecule has 13 aromatic rings. The number of hydrogen-bond donors (Lipinski definition) is 1. The Morgan fingerprint density at radius 1 is 0.408 bits per heavy atom. The maximum atomic E-state index is 5.40. The normalized spacial score (nSPS) is 15.3. The van der Waals surface area contributed by atoms with E-state index in [1.807, 2.05) is 17.8 Å². The van der Waals surface area contributed by atoms with Gasteiger partial charge in [0.15, 0.2) is 17.5 Å². The Bertz CT molecular complexity index is 4450. The highest BCUT2D eigenvalue weighted by atomic mass is 32.2. The van der Waals surface area contributed by atoms with Gasteiger partial charge in [0.25, 0.3) is 0 Å². The van der Waals surface area contributed by atoms with Crippen LogP contribution in [0.2, 0.25) is 0 Å². The van der Waals surface area contributed by atoms with Crippen LogP contribution in [0.1, 0.15) is 41.7 Å². The Labute approximate surface area is 449 Å². The van der Waals surface area contributed by atoms with E-state index in [4.69, 9.17) is 15.0 Å². The Hall–Kier alpha value is -8.68. The lowest BCUT2D eigenvalue weighted by Gasteiger charge is -2.28. The van der Waals surface area contributed by atoms with Crippen LogP contribution in [0.5, 0.6) is 0 Å². The third kappa shape index (κ3) is 7.23. The van der Waals surface area contributed by atoms with Gasteiger partial charge in [-0.2, -0.15) is 0 Å². The molecule has 6 heteroatoms. The van der Waals surface area contributed by atoms with Crippen molar-refractivity contribution in [3.05, 3.63) is 253 Å². The van der Waals surface area contributed by atoms with E-state index in [0.29, 0.717) is 28.6 Å². The largest absolute Gasteiger partial charge is 0.355 e. The molecule has 0 fully saturated rings. The summed E-state index contributed by atoms with van der Waals surface area (Å²) < 4.78 is 2.36. The molecule has 11 aromatic carbocycles. The zero-order chi connectivity index (χ0) is 50.5. The molecule has 360 valence electrons. The average molecular weight is 1010 g/mol. The molecule has 1 aliphatic carbocycles. The zero-order valence-corrected chi connectivity index (χ0v) is 43.5. The van der Waals surface area contributed by atoms with Crippen LogP contribution in [0.15, 0.2) is 241 Å². The lowest BCUT2D eigenvalue weighted by molar-refractivity contribution is 0.446. The topological polar surface area (TPSA) is 50.7 Å². The van der Waals surface area contributed by atoms with Crippen LogP contribution in [-0.2, 0) is 5.41 Å². The average Bonchev–Trinajstić information content (AvgIpc) is 4.13. The summed E-state index contributed by atoms with van der Waals surface area (Å²) >= 11 is 3.81. The van der Waals surface area contributed by atoms with Gasteiger partial charge in [-0.05, 0) is 108 Å². The molecule has 1 N–H and O–H groups in total. The van der Waals surface area contributed by atoms with E-state index in [9.17, 15) is 0 Å². The molecule has 4 nitrogen and oxygen atoms in total. The van der Waals surface area contributed by atoms with Crippen LogP contribution >= 0.6 is 23.1 Å². The standard InChI is InChI=1S/C70H48N4S2/c1-70(2)58-31-17-16-29-53(58)66-65(70)57-39-45(33-38-60(57)76-66)68-72-67(44-23-10-5-11-24-44)73-69(74-68)55-30-18-32-61-64(55)54-35-34-46(40-62(54)75-61)71-59-41-56(43-21-8-4-9-22-43)50-27-14-15-28-51(50)63(59)52-37-36-47(42-19-6-3-7-20-42)48-25-12-13-26-49(48)52/h3-41,65-66,71H,1-2H3. The molecule has 2 aliphatic rings. The highest BCUT2D eigenvalue weighted by Gasteiger charge is 2.51. The van der Waals surface area contributed by atoms with Crippen LogP contribution in [0, 0.1) is 0 Å². The van der Waals surface area contributed by atoms with Crippen molar-refractivity contribution in [3.63, 3.8) is 0 Å². The second kappa shape index (κ2) is 17.7. The van der Waals surface area contributed by atoms with E-state index in [1.54, 1.807) is 11.3 Å². The highest BCUT2D eigenvalue weighted by Crippen LogP contribution is 2.67. The summed E-state index contributed by atoms with van der Waals surface area (Å²) in [4.78, 5) is 17.3. The molecule has 0 saturated carbocycles. The van der Waals surface area contributed by atoms with Gasteiger partial charge in [0, 0.05) is 69.9 Å². The smallest absolute Gasteiger partial charge is 0.164 e. The van der Waals surface area contributed by atoms with Crippen LogP contribution in [-0.4, -0.2) is 15.0 Å². The van der Waals surface area contributed by atoms with E-state index in [-0.39, 0.29) is 5.41 Å². The summed E-state index contributed by atoms with van der Waals surface area (Å²) in [6.07, 6.45) is 0. The monoisotopic (exact) mass is 1010 g/mol. The molecular weight excluding hydrogens is 961 g/mol. The van der Waals surface area contributed by atoms with Crippen LogP contribution in [0.25, 0.3) is 109 Å². The Morgan fingerprint density at radius 2 is 1.01 bits per heavy atom. The van der Waals surface area contributed by atoms with Crippen LogP contribution in [0.4, 0.5) is 11.4 Å². The highest BCUT2D eigenvalue weighted by molar-refractivity contribution is 8.00. The lowest BCUT2D eigenvalue weighted by Crippen LogP contribution is -2.21. The van der Waals surface area contributed by atoms with Gasteiger partial charge in [-0.1, -0.05) is 214 Å². The molecule has 15 rings (SSSR count). The van der Waals surface area contributed by atoms with Gasteiger partial charge in [-0.15, -0.1) is 23.1 Å². The molecule has 0 saturated heterocycles. The van der Waals surface area contributed by atoms with Crippen molar-refractivity contribution in [2.45, 2.75) is 35.3 Å². The summed E-state index contributed by atoms with van der Waals surface area (Å²) in [5.74, 6) is 2.36. The molecule has 3 heterocycles. The number of hydrogen-bond acceptors (Lipinski definition) is 6. The predicted molar refractivity (Wildman–Crippen MR) is 321 cm³/mol. The van der Waals surface area contributed by atoms with Gasteiger partial charge in [0.05, 0.1) is 0 Å². The Balaban J connectivity index is 0.864. The van der Waals surface area contributed by atoms with Gasteiger partial charge in [0.1, 0.15) is 0 Å². The molecule has 76 heavy (non-hydrogen) atoms. The molecule has 2 aromatic heterocycles. The SMILES string of the molecule is CC1(C)c2ccccc2C2Sc3ccc(-c4nc(-c5ccccc5)nc(-c5cccc6sc7cc(Nc8cc(-c9ccccc9)c9ccccc9c8-c8ccc(-c9ccccc9)c9ccccc89)ccc7c56)n4)cc3C21. The van der Waals surface area contributed by atoms with E-state index in [0.717, 1.165) is 33.5 Å². The molecule has 0 spiro atoms. The summed E-state index contributed by atoms with van der Waals surface area (Å²) in [6.45, 7) is 4.82. The second-order valence-corrected chi connectivity index (χ2v) is 23.0. The Morgan fingerprint density at radius 3 is 1.76 bits per heavy atom. The molecule has 0 amide bonds. The number of fused-ring (bicyclic) bond motifs is 10. The van der Waals surface area contributed by atoms with E-state index >= 15 is 0 Å². The number of benzene rings is 11. The fourth-order valence-electron chi connectivity index (χ4n) is 12.5. The number of nitrogens with zero attached hydrogens (tertiary/aromatic N) is 3. The number of aromatic nitrogens is 3. The number of rotatable bonds is 8. The van der Waals surface area contributed by atoms with Crippen molar-refractivity contribution in [2.75, 3.05) is 5.32 Å². The minimum absolute atomic E-state index is 0.00448. The first-order chi connectivity index (χ1) is 37.4. The third-order valence-electron chi connectivity index (χ3n) is 16.0. The van der Waals surface area contributed by atoms with Crippen molar-refractivity contribution in [1.82, 2.24) is 15.0 Å². The van der Waals surface area contributed by atoms with Gasteiger partial charge in [0.2, 0.25) is 0 Å². The number of anilines is 2. The summed E-state index contributed by atoms with van der Waals surface area (Å²) in [6, 6.07) is 85.8. The van der Waals surface area contributed by atoms with Crippen molar-refractivity contribution in [2.24, 2.45) is 0 Å². The van der Waals surface area contributed by atoms with Crippen LogP contribution < -0.4 is 5.32 Å². The quantitative estimate of drug-likeness (QED) is 0.164. The fraction of sp³-hybridized carbons (Fsp3) is 0.0714. The fourth-order valence-corrected chi connectivity index (χ4v) is 15.4. The third-order valence-corrected chi connectivity index (χ3v) is 18.5. The maximum Gasteiger partial charge on any atom is 0.164 e. The maximum absolute atomic E-state index is 5.40. The number of nitrogens with one attached hydrogen (secondary N) is 1. The molecular formula is C70H48N4S2. The molecule has 2 atom stereocenters. The molecule has 1 aliphatic heterocycles. The summed E-state index contributed by atoms with van der Waals surface area (Å²) in [7, 11) is 0.